The highest BCUT2D eigenvalue weighted by molar-refractivity contribution is 7.20. The predicted octanol–water partition coefficient (Wildman–Crippen LogP) is 2.57. The Morgan fingerprint density at radius 1 is 1.47 bits per heavy atom. The first-order valence-electron chi connectivity index (χ1n) is 6.03. The van der Waals surface area contributed by atoms with Crippen LogP contribution in [0.15, 0.2) is 22.9 Å². The first-order chi connectivity index (χ1) is 9.29. The molecule has 0 spiro atoms. The minimum atomic E-state index is 0.0131. The molecule has 0 aliphatic heterocycles. The Labute approximate surface area is 120 Å². The van der Waals surface area contributed by atoms with Crippen molar-refractivity contribution in [3.8, 4) is 9.88 Å². The average molecular weight is 296 g/mol. The topological polar surface area (TPSA) is 51.2 Å². The summed E-state index contributed by atoms with van der Waals surface area (Å²) >= 11 is 3.24. The third-order valence-corrected chi connectivity index (χ3v) is 4.40. The Balaban J connectivity index is 1.81. The lowest BCUT2D eigenvalue weighted by Crippen LogP contribution is -2.26. The summed E-state index contributed by atoms with van der Waals surface area (Å²) in [6.07, 6.45) is 1.18. The van der Waals surface area contributed by atoms with E-state index in [2.05, 4.69) is 10.3 Å². The minimum Gasteiger partial charge on any atom is -0.385 e. The van der Waals surface area contributed by atoms with Crippen LogP contribution in [0.5, 0.6) is 0 Å². The van der Waals surface area contributed by atoms with Gasteiger partial charge in [-0.1, -0.05) is 6.07 Å². The molecule has 2 aromatic heterocycles. The van der Waals surface area contributed by atoms with Gasteiger partial charge in [-0.3, -0.25) is 4.79 Å². The summed E-state index contributed by atoms with van der Waals surface area (Å²) in [6.45, 7) is 1.31. The van der Waals surface area contributed by atoms with E-state index < -0.39 is 0 Å². The van der Waals surface area contributed by atoms with E-state index in [-0.39, 0.29) is 5.91 Å². The maximum Gasteiger partial charge on any atom is 0.226 e. The van der Waals surface area contributed by atoms with Crippen LogP contribution in [0, 0.1) is 0 Å². The van der Waals surface area contributed by atoms with Crippen LogP contribution in [-0.4, -0.2) is 31.2 Å². The number of nitrogens with zero attached hydrogens (tertiary/aromatic N) is 1. The molecule has 2 heterocycles. The highest BCUT2D eigenvalue weighted by Gasteiger charge is 2.09. The summed E-state index contributed by atoms with van der Waals surface area (Å²) in [5, 5.41) is 7.82. The Kier molecular flexibility index (Phi) is 5.50. The molecule has 0 aromatic carbocycles. The lowest BCUT2D eigenvalue weighted by Gasteiger charge is -2.02. The zero-order valence-electron chi connectivity index (χ0n) is 10.7. The van der Waals surface area contributed by atoms with Crippen molar-refractivity contribution in [2.75, 3.05) is 20.3 Å². The van der Waals surface area contributed by atoms with E-state index in [0.717, 1.165) is 22.0 Å². The Bertz CT molecular complexity index is 508. The van der Waals surface area contributed by atoms with Gasteiger partial charge in [0.05, 0.1) is 17.0 Å². The third-order valence-electron chi connectivity index (χ3n) is 2.47. The first-order valence-corrected chi connectivity index (χ1v) is 7.79. The summed E-state index contributed by atoms with van der Waals surface area (Å²) < 4.78 is 4.93. The molecule has 0 saturated heterocycles. The number of thiazole rings is 1. The molecule has 0 aliphatic rings. The average Bonchev–Trinajstić information content (AvgIpc) is 3.04. The van der Waals surface area contributed by atoms with Gasteiger partial charge in [0.25, 0.3) is 0 Å². The van der Waals surface area contributed by atoms with Gasteiger partial charge in [-0.2, -0.15) is 0 Å². The molecule has 0 fully saturated rings. The van der Waals surface area contributed by atoms with Crippen LogP contribution in [0.4, 0.5) is 0 Å². The van der Waals surface area contributed by atoms with E-state index in [1.165, 1.54) is 0 Å². The summed E-state index contributed by atoms with van der Waals surface area (Å²) in [4.78, 5) is 17.3. The fourth-order valence-electron chi connectivity index (χ4n) is 1.57. The van der Waals surface area contributed by atoms with Crippen molar-refractivity contribution in [2.45, 2.75) is 12.8 Å². The Hall–Kier alpha value is -1.24. The van der Waals surface area contributed by atoms with Crippen LogP contribution in [0.1, 0.15) is 12.1 Å². The van der Waals surface area contributed by atoms with Gasteiger partial charge in [-0.15, -0.1) is 22.7 Å². The number of hydrogen-bond acceptors (Lipinski definition) is 5. The predicted molar refractivity (Wildman–Crippen MR) is 78.6 cm³/mol. The Morgan fingerprint density at radius 2 is 2.37 bits per heavy atom. The Morgan fingerprint density at radius 3 is 3.11 bits per heavy atom. The standard InChI is InChI=1S/C13H16N2O2S2/c1-17-6-3-5-14-12(16)8-10-9-19-13(15-10)11-4-2-7-18-11/h2,4,7,9H,3,5-6,8H2,1H3,(H,14,16). The maximum absolute atomic E-state index is 11.7. The number of carbonyl (C=O) groups is 1. The quantitative estimate of drug-likeness (QED) is 0.799. The van der Waals surface area contributed by atoms with Gasteiger partial charge in [0.15, 0.2) is 0 Å². The zero-order valence-corrected chi connectivity index (χ0v) is 12.4. The van der Waals surface area contributed by atoms with Crippen LogP contribution in [0.25, 0.3) is 9.88 Å². The molecule has 102 valence electrons. The van der Waals surface area contributed by atoms with Gasteiger partial charge in [-0.25, -0.2) is 4.98 Å². The second-order valence-corrected chi connectivity index (χ2v) is 5.80. The summed E-state index contributed by atoms with van der Waals surface area (Å²) in [5.74, 6) is 0.0131. The second kappa shape index (κ2) is 7.37. The van der Waals surface area contributed by atoms with E-state index in [9.17, 15) is 4.79 Å². The molecule has 2 rings (SSSR count). The molecule has 1 N–H and O–H groups in total. The number of thiophene rings is 1. The fourth-order valence-corrected chi connectivity index (χ4v) is 3.21. The highest BCUT2D eigenvalue weighted by Crippen LogP contribution is 2.27. The number of carbonyl (C=O) groups excluding carboxylic acids is 1. The molecule has 19 heavy (non-hydrogen) atoms. The van der Waals surface area contributed by atoms with Crippen molar-refractivity contribution in [2.24, 2.45) is 0 Å². The number of aromatic nitrogens is 1. The third kappa shape index (κ3) is 4.41. The first kappa shape index (κ1) is 14.2. The largest absolute Gasteiger partial charge is 0.385 e. The molecule has 0 unspecified atom stereocenters. The SMILES string of the molecule is COCCCNC(=O)Cc1csc(-c2cccs2)n1. The van der Waals surface area contributed by atoms with Crippen LogP contribution < -0.4 is 5.32 Å². The van der Waals surface area contributed by atoms with Crippen molar-refractivity contribution >= 4 is 28.6 Å². The molecule has 1 amide bonds. The summed E-state index contributed by atoms with van der Waals surface area (Å²) in [7, 11) is 1.66. The molecule has 4 nitrogen and oxygen atoms in total. The van der Waals surface area contributed by atoms with Crippen LogP contribution in [-0.2, 0) is 16.0 Å². The van der Waals surface area contributed by atoms with Gasteiger partial charge in [0, 0.05) is 25.6 Å². The molecular weight excluding hydrogens is 280 g/mol. The lowest BCUT2D eigenvalue weighted by atomic mass is 10.3. The summed E-state index contributed by atoms with van der Waals surface area (Å²) in [5.41, 5.74) is 0.831. The second-order valence-electron chi connectivity index (χ2n) is 3.99. The molecule has 0 aliphatic carbocycles. The number of amides is 1. The van der Waals surface area contributed by atoms with E-state index in [4.69, 9.17) is 4.74 Å². The molecule has 0 bridgehead atoms. The van der Waals surface area contributed by atoms with Crippen molar-refractivity contribution in [3.63, 3.8) is 0 Å². The van der Waals surface area contributed by atoms with Crippen molar-refractivity contribution in [1.82, 2.24) is 10.3 Å². The van der Waals surface area contributed by atoms with Crippen molar-refractivity contribution in [3.05, 3.63) is 28.6 Å². The van der Waals surface area contributed by atoms with Gasteiger partial charge < -0.3 is 10.1 Å². The van der Waals surface area contributed by atoms with E-state index in [0.29, 0.717) is 19.6 Å². The van der Waals surface area contributed by atoms with Crippen molar-refractivity contribution < 1.29 is 9.53 Å². The molecule has 6 heteroatoms. The number of hydrogen-bond donors (Lipinski definition) is 1. The van der Waals surface area contributed by atoms with E-state index in [1.807, 2.05) is 22.9 Å². The maximum atomic E-state index is 11.7. The minimum absolute atomic E-state index is 0.0131. The normalized spacial score (nSPS) is 10.6. The van der Waals surface area contributed by atoms with Gasteiger partial charge in [0.1, 0.15) is 5.01 Å². The monoisotopic (exact) mass is 296 g/mol. The van der Waals surface area contributed by atoms with Crippen LogP contribution >= 0.6 is 22.7 Å². The van der Waals surface area contributed by atoms with Gasteiger partial charge in [0.2, 0.25) is 5.91 Å². The van der Waals surface area contributed by atoms with Crippen molar-refractivity contribution in [1.29, 1.82) is 0 Å². The van der Waals surface area contributed by atoms with Crippen LogP contribution in [0.3, 0.4) is 0 Å². The molecular formula is C13H16N2O2S2. The van der Waals surface area contributed by atoms with Gasteiger partial charge >= 0.3 is 0 Å². The number of methoxy groups -OCH3 is 1. The summed E-state index contributed by atoms with van der Waals surface area (Å²) in [6, 6.07) is 4.04. The lowest BCUT2D eigenvalue weighted by molar-refractivity contribution is -0.120. The molecule has 0 saturated carbocycles. The molecule has 0 radical (unpaired) electrons. The van der Waals surface area contributed by atoms with Gasteiger partial charge in [-0.05, 0) is 17.9 Å². The molecule has 0 atom stereocenters. The number of nitrogens with one attached hydrogen (secondary N) is 1. The molecule has 2 aromatic rings. The smallest absolute Gasteiger partial charge is 0.226 e. The number of rotatable bonds is 7. The zero-order chi connectivity index (χ0) is 13.5. The van der Waals surface area contributed by atoms with E-state index >= 15 is 0 Å². The number of ether oxygens (including phenoxy) is 1. The highest BCUT2D eigenvalue weighted by atomic mass is 32.1. The van der Waals surface area contributed by atoms with Crippen LogP contribution in [0.2, 0.25) is 0 Å². The van der Waals surface area contributed by atoms with E-state index in [1.54, 1.807) is 29.8 Å². The fraction of sp³-hybridized carbons (Fsp3) is 0.385.